The van der Waals surface area contributed by atoms with Crippen LogP contribution < -0.4 is 5.63 Å². The number of hydrogen-bond acceptors (Lipinski definition) is 2. The fourth-order valence-corrected chi connectivity index (χ4v) is 34.4. The van der Waals surface area contributed by atoms with Gasteiger partial charge in [-0.25, -0.2) is 0 Å². The molecule has 2 aliphatic rings. The average Bonchev–Trinajstić information content (AvgIpc) is 3.59. The van der Waals surface area contributed by atoms with E-state index in [0.29, 0.717) is 6.42 Å². The van der Waals surface area contributed by atoms with Gasteiger partial charge >= 0.3 is 231 Å². The first-order chi connectivity index (χ1) is 18.8. The minimum atomic E-state index is -5.51. The Balaban J connectivity index is 1.78. The number of alkyl halides is 6. The number of allylic oxidation sites excluding steroid dienone is 5. The Labute approximate surface area is 230 Å². The van der Waals surface area contributed by atoms with Crippen LogP contribution in [0.25, 0.3) is 6.08 Å². The first kappa shape index (κ1) is 28.7. The van der Waals surface area contributed by atoms with E-state index in [0.717, 1.165) is 38.7 Å². The Morgan fingerprint density at radius 2 is 1.27 bits per heavy atom. The summed E-state index contributed by atoms with van der Waals surface area (Å²) in [5.41, 5.74) is -1.25. The summed E-state index contributed by atoms with van der Waals surface area (Å²) in [6.07, 6.45) is 1.38. The van der Waals surface area contributed by atoms with Gasteiger partial charge in [-0.15, -0.1) is 0 Å². The molecule has 3 aromatic carbocycles. The fourth-order valence-electron chi connectivity index (χ4n) is 5.71. The van der Waals surface area contributed by atoms with Crippen molar-refractivity contribution in [1.82, 2.24) is 0 Å². The molecule has 0 saturated carbocycles. The molecule has 0 aromatic heterocycles. The summed E-state index contributed by atoms with van der Waals surface area (Å²) in [4.78, 5) is 0. The van der Waals surface area contributed by atoms with E-state index in [2.05, 4.69) is 13.1 Å². The third kappa shape index (κ3) is 4.83. The Bertz CT molecular complexity index is 1530. The molecule has 208 valence electrons. The van der Waals surface area contributed by atoms with Gasteiger partial charge in [0.15, 0.2) is 0 Å². The quantitative estimate of drug-likeness (QED) is 0.195. The molecular weight excluding hydrogens is 626 g/mol. The third-order valence-corrected chi connectivity index (χ3v) is 39.6. The summed E-state index contributed by atoms with van der Waals surface area (Å²) >= 11 is -5.51. The second kappa shape index (κ2) is 10.2. The number of fused-ring (bicyclic) bond motifs is 1. The summed E-state index contributed by atoms with van der Waals surface area (Å²) in [6, 6.07) is 17.0. The van der Waals surface area contributed by atoms with Crippen LogP contribution in [0.5, 0.6) is 11.5 Å². The van der Waals surface area contributed by atoms with Crippen LogP contribution in [0.3, 0.4) is 0 Å². The van der Waals surface area contributed by atoms with Gasteiger partial charge in [-0.1, -0.05) is 0 Å². The molecule has 3 aromatic rings. The van der Waals surface area contributed by atoms with Crippen LogP contribution >= 0.6 is 0 Å². The molecule has 0 heterocycles. The molecule has 0 saturated heterocycles. The maximum absolute atomic E-state index is 13.4. The molecule has 0 radical (unpaired) electrons. The van der Waals surface area contributed by atoms with Crippen LogP contribution in [0, 0.1) is 0 Å². The van der Waals surface area contributed by atoms with Crippen LogP contribution in [0.1, 0.15) is 32.3 Å². The Morgan fingerprint density at radius 1 is 0.750 bits per heavy atom. The standard InChI is InChI=1S/C9H7.2C7H5F3O.C5H5.C2H6Si.Zr/c1-2-5-9-7-3-6-8(9)4-1;2*8-7(9,10)5-1-3-6(11)4-2-5;1-2-4-5-3-1;1-3-2;/h1-7H;2*1-4,11H;1-3H,4H2;1-2H3;/q;;;;;+2/p-2. The van der Waals surface area contributed by atoms with Crippen molar-refractivity contribution in [3.63, 3.8) is 0 Å². The SMILES string of the molecule is C[Si](C)=[Zr]([O]c1ccc(C(F)(F)F)cc1)([O]c1ccc(C(F)(F)F)cc1)([C]1=CC=CC1)[CH]1C=Cc2ccccc21. The molecule has 2 aliphatic carbocycles. The number of halogens is 6. The molecule has 0 spiro atoms. The molecule has 1 unspecified atom stereocenters. The molecule has 1 atom stereocenters. The van der Waals surface area contributed by atoms with Crippen LogP contribution in [0.2, 0.25) is 13.1 Å². The molecule has 0 amide bonds. The molecule has 0 N–H and O–H groups in total. The van der Waals surface area contributed by atoms with Crippen molar-refractivity contribution in [3.8, 4) is 11.5 Å². The van der Waals surface area contributed by atoms with Gasteiger partial charge < -0.3 is 0 Å². The van der Waals surface area contributed by atoms with Crippen LogP contribution in [0.15, 0.2) is 100 Å². The van der Waals surface area contributed by atoms with E-state index >= 15 is 0 Å². The Kier molecular flexibility index (Phi) is 7.32. The van der Waals surface area contributed by atoms with Crippen molar-refractivity contribution in [2.75, 3.05) is 0 Å². The van der Waals surface area contributed by atoms with Crippen molar-refractivity contribution in [2.24, 2.45) is 0 Å². The van der Waals surface area contributed by atoms with Crippen LogP contribution in [0.4, 0.5) is 26.3 Å². The van der Waals surface area contributed by atoms with Crippen LogP contribution in [-0.4, -0.2) is 5.43 Å². The number of rotatable bonds is 6. The number of hydrogen-bond donors (Lipinski definition) is 0. The van der Waals surface area contributed by atoms with E-state index in [4.69, 9.17) is 5.63 Å². The Morgan fingerprint density at radius 3 is 1.73 bits per heavy atom. The summed E-state index contributed by atoms with van der Waals surface area (Å²) in [5, 5.41) is 0. The zero-order valence-electron chi connectivity index (χ0n) is 21.7. The monoisotopic (exact) mass is 650 g/mol. The van der Waals surface area contributed by atoms with Crippen molar-refractivity contribution in [1.29, 1.82) is 0 Å². The molecule has 0 bridgehead atoms. The van der Waals surface area contributed by atoms with E-state index < -0.39 is 47.2 Å². The number of benzene rings is 3. The van der Waals surface area contributed by atoms with E-state index in [1.807, 2.05) is 54.6 Å². The van der Waals surface area contributed by atoms with Crippen molar-refractivity contribution >= 4 is 11.5 Å². The second-order valence-corrected chi connectivity index (χ2v) is 34.9. The van der Waals surface area contributed by atoms with Gasteiger partial charge in [0.05, 0.1) is 0 Å². The van der Waals surface area contributed by atoms with E-state index in [9.17, 15) is 26.3 Å². The van der Waals surface area contributed by atoms with Crippen molar-refractivity contribution in [2.45, 2.75) is 35.5 Å². The van der Waals surface area contributed by atoms with Gasteiger partial charge in [0.2, 0.25) is 0 Å². The predicted octanol–water partition coefficient (Wildman–Crippen LogP) is 9.56. The average molecular weight is 652 g/mol. The summed E-state index contributed by atoms with van der Waals surface area (Å²) in [7, 11) is 0. The topological polar surface area (TPSA) is 18.5 Å². The normalized spacial score (nSPS) is 17.0. The molecule has 10 heteroatoms. The van der Waals surface area contributed by atoms with Gasteiger partial charge in [0, 0.05) is 0 Å². The van der Waals surface area contributed by atoms with Gasteiger partial charge in [-0.3, -0.25) is 0 Å². The molecule has 0 fully saturated rings. The van der Waals surface area contributed by atoms with Crippen molar-refractivity contribution < 1.29 is 50.2 Å². The van der Waals surface area contributed by atoms with Gasteiger partial charge in [-0.05, 0) is 0 Å². The summed E-state index contributed by atoms with van der Waals surface area (Å²) in [6.45, 7) is 4.13. The summed E-state index contributed by atoms with van der Waals surface area (Å²) < 4.78 is 95.1. The zero-order valence-corrected chi connectivity index (χ0v) is 25.1. The first-order valence-electron chi connectivity index (χ1n) is 12.7. The predicted molar refractivity (Wildman–Crippen MR) is 142 cm³/mol. The van der Waals surface area contributed by atoms with Gasteiger partial charge in [-0.2, -0.15) is 0 Å². The zero-order chi connectivity index (χ0) is 28.8. The van der Waals surface area contributed by atoms with Gasteiger partial charge in [0.1, 0.15) is 0 Å². The van der Waals surface area contributed by atoms with E-state index in [1.54, 1.807) is 0 Å². The third-order valence-electron chi connectivity index (χ3n) is 7.69. The van der Waals surface area contributed by atoms with Crippen LogP contribution in [-0.2, 0) is 30.6 Å². The first-order valence-corrected chi connectivity index (χ1v) is 23.5. The molecule has 5 rings (SSSR count). The van der Waals surface area contributed by atoms with E-state index in [1.165, 1.54) is 24.3 Å². The van der Waals surface area contributed by atoms with Crippen molar-refractivity contribution in [3.05, 3.63) is 123 Å². The molecule has 40 heavy (non-hydrogen) atoms. The molecule has 2 nitrogen and oxygen atoms in total. The minimum absolute atomic E-state index is 0.238. The van der Waals surface area contributed by atoms with Gasteiger partial charge in [0.25, 0.3) is 0 Å². The second-order valence-electron chi connectivity index (χ2n) is 10.2. The Hall–Kier alpha value is -2.84. The fraction of sp³-hybridized carbons (Fsp3) is 0.200. The summed E-state index contributed by atoms with van der Waals surface area (Å²) in [5.74, 6) is 0.477. The maximum atomic E-state index is 13.4. The molecule has 0 aliphatic heterocycles. The van der Waals surface area contributed by atoms with E-state index in [-0.39, 0.29) is 15.1 Å². The molecular formula is C30H26F6O2SiZr.